The Labute approximate surface area is 123 Å². The van der Waals surface area contributed by atoms with Crippen molar-refractivity contribution in [2.24, 2.45) is 0 Å². The second kappa shape index (κ2) is 5.67. The number of aromatic carboxylic acids is 1. The third kappa shape index (κ3) is 3.29. The zero-order chi connectivity index (χ0) is 15.6. The molecule has 2 aromatic rings. The maximum absolute atomic E-state index is 11.1. The first-order chi connectivity index (χ1) is 9.82. The molecule has 114 valence electrons. The van der Waals surface area contributed by atoms with Crippen LogP contribution in [0.25, 0.3) is 0 Å². The maximum atomic E-state index is 11.1. The lowest BCUT2D eigenvalue weighted by Gasteiger charge is -2.13. The van der Waals surface area contributed by atoms with Gasteiger partial charge in [-0.15, -0.1) is 5.10 Å². The number of aromatic nitrogens is 4. The van der Waals surface area contributed by atoms with E-state index >= 15 is 0 Å². The van der Waals surface area contributed by atoms with Crippen LogP contribution in [0.4, 0.5) is 0 Å². The lowest BCUT2D eigenvalue weighted by atomic mass is 9.94. The van der Waals surface area contributed by atoms with Crippen LogP contribution in [0.1, 0.15) is 61.9 Å². The van der Waals surface area contributed by atoms with Gasteiger partial charge < -0.3 is 9.52 Å². The number of nitrogens with zero attached hydrogens (tertiary/aromatic N) is 4. The number of carbonyl (C=O) groups is 1. The predicted molar refractivity (Wildman–Crippen MR) is 75.3 cm³/mol. The summed E-state index contributed by atoms with van der Waals surface area (Å²) in [6.45, 7) is 8.38. The highest BCUT2D eigenvalue weighted by Gasteiger charge is 2.22. The molecule has 2 aromatic heterocycles. The Kier molecular flexibility index (Phi) is 4.11. The Balaban J connectivity index is 2.27. The lowest BCUT2D eigenvalue weighted by Crippen LogP contribution is -2.10. The molecule has 2 heterocycles. The fourth-order valence-electron chi connectivity index (χ4n) is 1.97. The van der Waals surface area contributed by atoms with Crippen LogP contribution < -0.4 is 0 Å². The molecule has 2 rings (SSSR count). The predicted octanol–water partition coefficient (Wildman–Crippen LogP) is 2.26. The summed E-state index contributed by atoms with van der Waals surface area (Å²) >= 11 is 0. The first-order valence-electron chi connectivity index (χ1n) is 6.93. The second-order valence-corrected chi connectivity index (χ2v) is 5.97. The molecule has 7 heteroatoms. The average molecular weight is 292 g/mol. The van der Waals surface area contributed by atoms with E-state index in [4.69, 9.17) is 9.52 Å². The minimum Gasteiger partial charge on any atom is -0.476 e. The van der Waals surface area contributed by atoms with Gasteiger partial charge in [-0.3, -0.25) is 0 Å². The van der Waals surface area contributed by atoms with Crippen LogP contribution in [-0.2, 0) is 18.4 Å². The summed E-state index contributed by atoms with van der Waals surface area (Å²) in [5.41, 5.74) is 0.478. The Hall–Kier alpha value is -2.18. The van der Waals surface area contributed by atoms with Crippen molar-refractivity contribution in [3.8, 4) is 0 Å². The highest BCUT2D eigenvalue weighted by Crippen LogP contribution is 2.23. The van der Waals surface area contributed by atoms with Gasteiger partial charge in [0.2, 0.25) is 5.89 Å². The van der Waals surface area contributed by atoms with E-state index in [-0.39, 0.29) is 17.7 Å². The smallest absolute Gasteiger partial charge is 0.358 e. The molecule has 0 bridgehead atoms. The van der Waals surface area contributed by atoms with Gasteiger partial charge in [-0.25, -0.2) is 14.5 Å². The van der Waals surface area contributed by atoms with E-state index in [2.05, 4.69) is 15.3 Å². The highest BCUT2D eigenvalue weighted by atomic mass is 16.4. The summed E-state index contributed by atoms with van der Waals surface area (Å²) in [5, 5.41) is 16.8. The third-order valence-electron chi connectivity index (χ3n) is 3.10. The molecule has 0 saturated carbocycles. The Morgan fingerprint density at radius 1 is 1.43 bits per heavy atom. The van der Waals surface area contributed by atoms with E-state index in [9.17, 15) is 4.79 Å². The van der Waals surface area contributed by atoms with E-state index < -0.39 is 5.97 Å². The van der Waals surface area contributed by atoms with Crippen molar-refractivity contribution in [3.05, 3.63) is 29.2 Å². The highest BCUT2D eigenvalue weighted by molar-refractivity contribution is 5.86. The lowest BCUT2D eigenvalue weighted by molar-refractivity contribution is 0.0689. The summed E-state index contributed by atoms with van der Waals surface area (Å²) in [6, 6.07) is 0. The van der Waals surface area contributed by atoms with Crippen LogP contribution in [0.5, 0.6) is 0 Å². The van der Waals surface area contributed by atoms with Crippen LogP contribution in [0.2, 0.25) is 0 Å². The van der Waals surface area contributed by atoms with Gasteiger partial charge in [0.05, 0.1) is 11.9 Å². The van der Waals surface area contributed by atoms with Crippen LogP contribution in [-0.4, -0.2) is 31.1 Å². The summed E-state index contributed by atoms with van der Waals surface area (Å²) in [4.78, 5) is 15.4. The zero-order valence-electron chi connectivity index (χ0n) is 12.8. The Morgan fingerprint density at radius 3 is 2.67 bits per heavy atom. The molecule has 0 radical (unpaired) electrons. The standard InChI is InChI=1S/C14H20N4O3/c1-5-6-9-12(13(19)20)16-17-18(9)8-11-15-7-10(21-11)14(2,3)4/h7H,5-6,8H2,1-4H3,(H,19,20). The topological polar surface area (TPSA) is 94.0 Å². The van der Waals surface area contributed by atoms with Crippen molar-refractivity contribution in [2.75, 3.05) is 0 Å². The number of carboxylic acids is 1. The van der Waals surface area contributed by atoms with Gasteiger partial charge in [0.15, 0.2) is 5.69 Å². The van der Waals surface area contributed by atoms with Crippen molar-refractivity contribution in [2.45, 2.75) is 52.5 Å². The quantitative estimate of drug-likeness (QED) is 0.908. The fourth-order valence-corrected chi connectivity index (χ4v) is 1.97. The number of oxazole rings is 1. The molecule has 21 heavy (non-hydrogen) atoms. The van der Waals surface area contributed by atoms with Gasteiger partial charge in [-0.2, -0.15) is 0 Å². The molecule has 0 unspecified atom stereocenters. The molecule has 0 aliphatic rings. The second-order valence-electron chi connectivity index (χ2n) is 5.97. The molecule has 0 amide bonds. The molecule has 7 nitrogen and oxygen atoms in total. The molecule has 0 aliphatic heterocycles. The van der Waals surface area contributed by atoms with Crippen molar-refractivity contribution in [1.29, 1.82) is 0 Å². The van der Waals surface area contributed by atoms with Gasteiger partial charge in [0.1, 0.15) is 12.3 Å². The fraction of sp³-hybridized carbons (Fsp3) is 0.571. The molecular formula is C14H20N4O3. The molecule has 0 aliphatic carbocycles. The first kappa shape index (κ1) is 15.2. The van der Waals surface area contributed by atoms with Crippen molar-refractivity contribution >= 4 is 5.97 Å². The number of hydrogen-bond acceptors (Lipinski definition) is 5. The number of carboxylic acid groups (broad SMARTS) is 1. The van der Waals surface area contributed by atoms with E-state index in [1.807, 2.05) is 27.7 Å². The summed E-state index contributed by atoms with van der Waals surface area (Å²) in [5.74, 6) is 0.222. The SMILES string of the molecule is CCCc1c(C(=O)O)nnn1Cc1ncc(C(C)(C)C)o1. The van der Waals surface area contributed by atoms with Crippen LogP contribution >= 0.6 is 0 Å². The Morgan fingerprint density at radius 2 is 2.14 bits per heavy atom. The largest absolute Gasteiger partial charge is 0.476 e. The van der Waals surface area contributed by atoms with Crippen molar-refractivity contribution in [1.82, 2.24) is 20.0 Å². The summed E-state index contributed by atoms with van der Waals surface area (Å²) in [6.07, 6.45) is 3.11. The molecule has 0 atom stereocenters. The van der Waals surface area contributed by atoms with E-state index in [0.29, 0.717) is 18.0 Å². The molecule has 0 spiro atoms. The third-order valence-corrected chi connectivity index (χ3v) is 3.10. The Bertz CT molecular complexity index is 637. The minimum absolute atomic E-state index is 0.000508. The molecule has 1 N–H and O–H groups in total. The van der Waals surface area contributed by atoms with Crippen molar-refractivity contribution in [3.63, 3.8) is 0 Å². The first-order valence-corrected chi connectivity index (χ1v) is 6.93. The van der Waals surface area contributed by atoms with Gasteiger partial charge in [0, 0.05) is 5.41 Å². The van der Waals surface area contributed by atoms with Gasteiger partial charge in [-0.05, 0) is 6.42 Å². The zero-order valence-corrected chi connectivity index (χ0v) is 12.8. The van der Waals surface area contributed by atoms with Gasteiger partial charge >= 0.3 is 5.97 Å². The number of rotatable bonds is 5. The van der Waals surface area contributed by atoms with E-state index in [0.717, 1.165) is 12.2 Å². The molecule has 0 aromatic carbocycles. The van der Waals surface area contributed by atoms with Crippen LogP contribution in [0.3, 0.4) is 0 Å². The van der Waals surface area contributed by atoms with E-state index in [1.54, 1.807) is 10.9 Å². The molecular weight excluding hydrogens is 272 g/mol. The summed E-state index contributed by atoms with van der Waals surface area (Å²) < 4.78 is 7.25. The monoisotopic (exact) mass is 292 g/mol. The minimum atomic E-state index is -1.06. The normalized spacial score (nSPS) is 11.8. The van der Waals surface area contributed by atoms with Crippen molar-refractivity contribution < 1.29 is 14.3 Å². The maximum Gasteiger partial charge on any atom is 0.358 e. The summed E-state index contributed by atoms with van der Waals surface area (Å²) in [7, 11) is 0. The van der Waals surface area contributed by atoms with E-state index in [1.165, 1.54) is 0 Å². The van der Waals surface area contributed by atoms with Crippen LogP contribution in [0, 0.1) is 0 Å². The van der Waals surface area contributed by atoms with Crippen LogP contribution in [0.15, 0.2) is 10.6 Å². The van der Waals surface area contributed by atoms with Gasteiger partial charge in [0.25, 0.3) is 0 Å². The van der Waals surface area contributed by atoms with Gasteiger partial charge in [-0.1, -0.05) is 39.3 Å². The number of hydrogen-bond donors (Lipinski definition) is 1. The molecule has 0 fully saturated rings. The average Bonchev–Trinajstić information content (AvgIpc) is 2.98. The molecule has 0 saturated heterocycles.